The van der Waals surface area contributed by atoms with Crippen LogP contribution in [0.15, 0.2) is 71.8 Å². The molecule has 2 heterocycles. The third-order valence-corrected chi connectivity index (χ3v) is 6.25. The number of sulfonamides is 1. The molecule has 0 aliphatic heterocycles. The van der Waals surface area contributed by atoms with Gasteiger partial charge in [-0.15, -0.1) is 0 Å². The Bertz CT molecular complexity index is 1380. The Morgan fingerprint density at radius 2 is 1.91 bits per heavy atom. The van der Waals surface area contributed by atoms with Crippen molar-refractivity contribution in [3.63, 3.8) is 0 Å². The van der Waals surface area contributed by atoms with Gasteiger partial charge in [-0.3, -0.25) is 10.1 Å². The molecule has 0 spiro atoms. The Balaban J connectivity index is 1.62. The molecule has 0 unspecified atom stereocenters. The van der Waals surface area contributed by atoms with Crippen molar-refractivity contribution < 1.29 is 18.1 Å². The molecular weight excluding hydrogens is 434 g/mol. The molecule has 4 aromatic rings. The van der Waals surface area contributed by atoms with Crippen molar-refractivity contribution in [1.82, 2.24) is 19.3 Å². The fourth-order valence-corrected chi connectivity index (χ4v) is 4.23. The Labute approximate surface area is 183 Å². The van der Waals surface area contributed by atoms with Crippen LogP contribution in [0.5, 0.6) is 5.75 Å². The van der Waals surface area contributed by atoms with Crippen molar-refractivity contribution in [2.24, 2.45) is 0 Å². The number of aromatic nitrogens is 3. The Morgan fingerprint density at radius 3 is 2.62 bits per heavy atom. The second-order valence-corrected chi connectivity index (χ2v) is 8.65. The van der Waals surface area contributed by atoms with Crippen LogP contribution in [-0.2, 0) is 23.1 Å². The first-order valence-electron chi connectivity index (χ1n) is 9.54. The molecule has 0 radical (unpaired) electrons. The maximum absolute atomic E-state index is 12.7. The number of non-ortho nitro benzene ring substituents is 1. The van der Waals surface area contributed by atoms with Gasteiger partial charge in [0.15, 0.2) is 5.65 Å². The monoisotopic (exact) mass is 453 g/mol. The summed E-state index contributed by atoms with van der Waals surface area (Å²) in [5.41, 5.74) is 2.02. The molecular formula is C21H19N5O5S. The van der Waals surface area contributed by atoms with Crippen LogP contribution in [-0.4, -0.2) is 35.0 Å². The summed E-state index contributed by atoms with van der Waals surface area (Å²) >= 11 is 0. The number of pyridine rings is 1. The second kappa shape index (κ2) is 8.73. The van der Waals surface area contributed by atoms with Crippen LogP contribution in [0.1, 0.15) is 11.4 Å². The van der Waals surface area contributed by atoms with E-state index in [2.05, 4.69) is 14.7 Å². The summed E-state index contributed by atoms with van der Waals surface area (Å²) in [7, 11) is -2.32. The van der Waals surface area contributed by atoms with Gasteiger partial charge in [0.2, 0.25) is 10.0 Å². The lowest BCUT2D eigenvalue weighted by Gasteiger charge is -2.11. The van der Waals surface area contributed by atoms with Crippen LogP contribution in [0.3, 0.4) is 0 Å². The molecule has 10 nitrogen and oxygen atoms in total. The third kappa shape index (κ3) is 4.43. The number of nitro groups is 1. The summed E-state index contributed by atoms with van der Waals surface area (Å²) in [6.07, 6.45) is 1.65. The quantitative estimate of drug-likeness (QED) is 0.321. The largest absolute Gasteiger partial charge is 0.497 e. The molecule has 2 aromatic heterocycles. The normalized spacial score (nSPS) is 11.5. The molecule has 11 heteroatoms. The zero-order valence-corrected chi connectivity index (χ0v) is 17.8. The molecule has 0 saturated carbocycles. The number of hydrogen-bond donors (Lipinski definition) is 1. The van der Waals surface area contributed by atoms with E-state index in [1.807, 2.05) is 28.8 Å². The molecule has 32 heavy (non-hydrogen) atoms. The number of rotatable bonds is 8. The standard InChI is InChI=1S/C21H19N5O5S/c1-31-17-5-2-4-15(12-17)14-25-20(24-19-6-3-11-22-21(19)25)13-23-32(29,30)18-9-7-16(8-10-18)26(27)28/h2-12,23H,13-14H2,1H3. The Hall–Kier alpha value is -3.83. The first-order valence-corrected chi connectivity index (χ1v) is 11.0. The number of nitrogens with one attached hydrogen (secondary N) is 1. The molecule has 0 saturated heterocycles. The van der Waals surface area contributed by atoms with E-state index < -0.39 is 14.9 Å². The fraction of sp³-hybridized carbons (Fsp3) is 0.143. The highest BCUT2D eigenvalue weighted by molar-refractivity contribution is 7.89. The molecule has 2 aromatic carbocycles. The minimum Gasteiger partial charge on any atom is -0.497 e. The van der Waals surface area contributed by atoms with E-state index >= 15 is 0 Å². The van der Waals surface area contributed by atoms with Crippen LogP contribution < -0.4 is 9.46 Å². The molecule has 0 fully saturated rings. The van der Waals surface area contributed by atoms with Gasteiger partial charge in [-0.25, -0.2) is 23.1 Å². The van der Waals surface area contributed by atoms with E-state index in [0.29, 0.717) is 29.3 Å². The number of imidazole rings is 1. The van der Waals surface area contributed by atoms with Crippen LogP contribution in [0, 0.1) is 10.1 Å². The number of hydrogen-bond acceptors (Lipinski definition) is 7. The van der Waals surface area contributed by atoms with Crippen molar-refractivity contribution in [2.45, 2.75) is 18.0 Å². The second-order valence-electron chi connectivity index (χ2n) is 6.89. The lowest BCUT2D eigenvalue weighted by Crippen LogP contribution is -2.25. The van der Waals surface area contributed by atoms with Gasteiger partial charge in [-0.1, -0.05) is 12.1 Å². The van der Waals surface area contributed by atoms with Crippen molar-refractivity contribution in [3.05, 3.63) is 88.4 Å². The van der Waals surface area contributed by atoms with Crippen molar-refractivity contribution in [1.29, 1.82) is 0 Å². The van der Waals surface area contributed by atoms with Gasteiger partial charge >= 0.3 is 0 Å². The number of methoxy groups -OCH3 is 1. The minimum atomic E-state index is -3.91. The van der Waals surface area contributed by atoms with Crippen molar-refractivity contribution >= 4 is 26.9 Å². The summed E-state index contributed by atoms with van der Waals surface area (Å²) in [5.74, 6) is 1.19. The van der Waals surface area contributed by atoms with Gasteiger partial charge in [-0.05, 0) is 42.0 Å². The smallest absolute Gasteiger partial charge is 0.269 e. The van der Waals surface area contributed by atoms with Crippen LogP contribution in [0.2, 0.25) is 0 Å². The Morgan fingerprint density at radius 1 is 1.12 bits per heavy atom. The van der Waals surface area contributed by atoms with E-state index in [4.69, 9.17) is 4.74 Å². The van der Waals surface area contributed by atoms with Gasteiger partial charge < -0.3 is 9.30 Å². The van der Waals surface area contributed by atoms with Crippen molar-refractivity contribution in [2.75, 3.05) is 7.11 Å². The molecule has 0 atom stereocenters. The SMILES string of the molecule is COc1cccc(Cn2c(CNS(=O)(=O)c3ccc([N+](=O)[O-])cc3)nc3cccnc32)c1. The maximum Gasteiger partial charge on any atom is 0.269 e. The summed E-state index contributed by atoms with van der Waals surface area (Å²) in [6, 6.07) is 15.8. The summed E-state index contributed by atoms with van der Waals surface area (Å²) in [6.45, 7) is 0.332. The first-order chi connectivity index (χ1) is 15.4. The highest BCUT2D eigenvalue weighted by Gasteiger charge is 2.19. The highest BCUT2D eigenvalue weighted by Crippen LogP contribution is 2.20. The maximum atomic E-state index is 12.7. The van der Waals surface area contributed by atoms with Gasteiger partial charge in [0.05, 0.1) is 30.0 Å². The number of fused-ring (bicyclic) bond motifs is 1. The average molecular weight is 453 g/mol. The fourth-order valence-electron chi connectivity index (χ4n) is 3.25. The van der Waals surface area contributed by atoms with Crippen LogP contribution in [0.4, 0.5) is 5.69 Å². The average Bonchev–Trinajstić information content (AvgIpc) is 3.15. The zero-order chi connectivity index (χ0) is 22.7. The zero-order valence-electron chi connectivity index (χ0n) is 17.0. The summed E-state index contributed by atoms with van der Waals surface area (Å²) in [4.78, 5) is 19.1. The van der Waals surface area contributed by atoms with Crippen LogP contribution >= 0.6 is 0 Å². The predicted octanol–water partition coefficient (Wildman–Crippen LogP) is 2.87. The molecule has 4 rings (SSSR count). The highest BCUT2D eigenvalue weighted by atomic mass is 32.2. The van der Waals surface area contributed by atoms with Crippen molar-refractivity contribution in [3.8, 4) is 5.75 Å². The number of nitrogens with zero attached hydrogens (tertiary/aromatic N) is 4. The van der Waals surface area contributed by atoms with E-state index in [-0.39, 0.29) is 17.1 Å². The minimum absolute atomic E-state index is 0.0725. The number of benzene rings is 2. The number of ether oxygens (including phenoxy) is 1. The predicted molar refractivity (Wildman–Crippen MR) is 117 cm³/mol. The van der Waals surface area contributed by atoms with Crippen LogP contribution in [0.25, 0.3) is 11.2 Å². The lowest BCUT2D eigenvalue weighted by atomic mass is 10.2. The topological polar surface area (TPSA) is 129 Å². The van der Waals surface area contributed by atoms with Gasteiger partial charge in [0.25, 0.3) is 5.69 Å². The third-order valence-electron chi connectivity index (χ3n) is 4.84. The molecule has 0 amide bonds. The molecule has 0 aliphatic rings. The van der Waals surface area contributed by atoms with E-state index in [9.17, 15) is 18.5 Å². The summed E-state index contributed by atoms with van der Waals surface area (Å²) in [5, 5.41) is 10.8. The molecule has 0 aliphatic carbocycles. The number of nitro benzene ring substituents is 1. The van der Waals surface area contributed by atoms with Gasteiger partial charge in [0, 0.05) is 18.3 Å². The van der Waals surface area contributed by atoms with E-state index in [1.165, 1.54) is 12.1 Å². The summed E-state index contributed by atoms with van der Waals surface area (Å²) < 4.78 is 35.0. The molecule has 0 bridgehead atoms. The van der Waals surface area contributed by atoms with Gasteiger partial charge in [0.1, 0.15) is 17.1 Å². The lowest BCUT2D eigenvalue weighted by molar-refractivity contribution is -0.384. The van der Waals surface area contributed by atoms with Gasteiger partial charge in [-0.2, -0.15) is 0 Å². The van der Waals surface area contributed by atoms with E-state index in [1.54, 1.807) is 25.4 Å². The molecule has 164 valence electrons. The first kappa shape index (κ1) is 21.4. The van der Waals surface area contributed by atoms with E-state index in [0.717, 1.165) is 17.7 Å². The Kier molecular flexibility index (Phi) is 5.84. The molecule has 1 N–H and O–H groups in total.